The van der Waals surface area contributed by atoms with Gasteiger partial charge in [0.15, 0.2) is 30.3 Å². The summed E-state index contributed by atoms with van der Waals surface area (Å²) in [5.74, 6) is 0.603. The summed E-state index contributed by atoms with van der Waals surface area (Å²) >= 11 is 0. The number of terminal acetylenes is 1. The average molecular weight is 836 g/mol. The second-order valence-electron chi connectivity index (χ2n) is 14.8. The predicted octanol–water partition coefficient (Wildman–Crippen LogP) is 4.46. The number of carbonyl (C=O) groups excluding carboxylic acids is 2. The lowest BCUT2D eigenvalue weighted by atomic mass is 10.1. The zero-order valence-electron chi connectivity index (χ0n) is 32.8. The number of carbonyl (C=O) groups is 2. The lowest BCUT2D eigenvalue weighted by Gasteiger charge is -2.29. The minimum atomic E-state index is -1.59. The van der Waals surface area contributed by atoms with Gasteiger partial charge in [0.25, 0.3) is 5.56 Å². The van der Waals surface area contributed by atoms with Gasteiger partial charge in [0.05, 0.1) is 31.3 Å². The van der Waals surface area contributed by atoms with Gasteiger partial charge in [0.1, 0.15) is 30.2 Å². The van der Waals surface area contributed by atoms with Crippen LogP contribution in [0.1, 0.15) is 58.2 Å². The maximum absolute atomic E-state index is 14.1. The molecule has 0 bridgehead atoms. The van der Waals surface area contributed by atoms with Crippen LogP contribution in [0, 0.1) is 12.3 Å². The number of azide groups is 1. The Labute approximate surface area is 348 Å². The molecule has 18 nitrogen and oxygen atoms in total. The molecule has 8 rings (SSSR count). The van der Waals surface area contributed by atoms with Crippen LogP contribution in [0.3, 0.4) is 0 Å². The van der Waals surface area contributed by atoms with Crippen molar-refractivity contribution in [1.29, 1.82) is 0 Å². The number of aromatic nitrogens is 2. The highest BCUT2D eigenvalue weighted by Gasteiger charge is 2.62. The zero-order valence-corrected chi connectivity index (χ0v) is 32.8. The number of hydrogen-bond acceptors (Lipinski definition) is 14. The Morgan fingerprint density at radius 3 is 2.16 bits per heavy atom. The molecule has 4 fully saturated rings. The Kier molecular flexibility index (Phi) is 12.3. The van der Waals surface area contributed by atoms with Gasteiger partial charge in [0, 0.05) is 30.0 Å². The minimum absolute atomic E-state index is 0.0301. The molecule has 1 spiro atoms. The van der Waals surface area contributed by atoms with Gasteiger partial charge in [-0.1, -0.05) is 59.6 Å². The highest BCUT2D eigenvalue weighted by molar-refractivity contribution is 5.90. The van der Waals surface area contributed by atoms with E-state index in [0.717, 1.165) is 17.4 Å². The highest BCUT2D eigenvalue weighted by atomic mass is 17.2. The molecular weight excluding hydrogens is 794 g/mol. The first-order chi connectivity index (χ1) is 29.7. The third-order valence-electron chi connectivity index (χ3n) is 11.0. The fourth-order valence-electron chi connectivity index (χ4n) is 7.97. The maximum atomic E-state index is 14.1. The first-order valence-corrected chi connectivity index (χ1v) is 19.6. The van der Waals surface area contributed by atoms with Gasteiger partial charge in [-0.3, -0.25) is 13.9 Å². The van der Waals surface area contributed by atoms with E-state index in [1.165, 1.54) is 41.1 Å². The van der Waals surface area contributed by atoms with E-state index in [-0.39, 0.29) is 24.2 Å². The predicted molar refractivity (Wildman–Crippen MR) is 211 cm³/mol. The number of rotatable bonds is 14. The van der Waals surface area contributed by atoms with Crippen molar-refractivity contribution in [2.24, 2.45) is 5.11 Å². The van der Waals surface area contributed by atoms with Gasteiger partial charge in [0.2, 0.25) is 6.29 Å². The molecule has 0 radical (unpaired) electrons. The van der Waals surface area contributed by atoms with E-state index >= 15 is 0 Å². The first-order valence-electron chi connectivity index (χ1n) is 19.6. The van der Waals surface area contributed by atoms with Crippen molar-refractivity contribution in [3.63, 3.8) is 0 Å². The van der Waals surface area contributed by atoms with Crippen molar-refractivity contribution < 1.29 is 52.5 Å². The van der Waals surface area contributed by atoms with Crippen molar-refractivity contribution in [2.45, 2.75) is 93.3 Å². The summed E-state index contributed by atoms with van der Waals surface area (Å²) in [7, 11) is 1.54. The van der Waals surface area contributed by atoms with Crippen LogP contribution in [-0.4, -0.2) is 89.5 Å². The number of esters is 2. The van der Waals surface area contributed by atoms with Crippen molar-refractivity contribution in [3.05, 3.63) is 145 Å². The Morgan fingerprint density at radius 1 is 0.902 bits per heavy atom. The number of methoxy groups -OCH3 is 1. The fraction of sp³-hybridized carbons (Fsp3) is 0.395. The van der Waals surface area contributed by atoms with Crippen LogP contribution in [0.4, 0.5) is 0 Å². The molecule has 3 aliphatic heterocycles. The van der Waals surface area contributed by atoms with Crippen molar-refractivity contribution >= 4 is 11.9 Å². The van der Waals surface area contributed by atoms with E-state index < -0.39 is 84.2 Å². The molecule has 3 saturated heterocycles. The van der Waals surface area contributed by atoms with Crippen LogP contribution in [0.2, 0.25) is 0 Å². The molecule has 316 valence electrons. The monoisotopic (exact) mass is 835 g/mol. The number of hydrogen-bond donors (Lipinski definition) is 0. The summed E-state index contributed by atoms with van der Waals surface area (Å²) in [4.78, 5) is 68.5. The Morgan fingerprint density at radius 2 is 1.54 bits per heavy atom. The second-order valence-corrected chi connectivity index (χ2v) is 14.8. The van der Waals surface area contributed by atoms with E-state index in [1.54, 1.807) is 67.8 Å². The molecule has 3 aromatic carbocycles. The molecule has 1 aromatic heterocycles. The molecule has 4 aliphatic rings. The van der Waals surface area contributed by atoms with E-state index in [1.807, 2.05) is 0 Å². The summed E-state index contributed by atoms with van der Waals surface area (Å²) in [6.07, 6.45) is -0.674. The van der Waals surface area contributed by atoms with Gasteiger partial charge < -0.3 is 33.2 Å². The molecule has 4 aromatic rings. The smallest absolute Gasteiger partial charge is 0.338 e. The Hall–Kier alpha value is -6.29. The van der Waals surface area contributed by atoms with E-state index in [4.69, 9.17) is 54.9 Å². The molecule has 0 N–H and O–H groups in total. The third-order valence-corrected chi connectivity index (χ3v) is 11.0. The molecule has 1 aliphatic carbocycles. The summed E-state index contributed by atoms with van der Waals surface area (Å²) in [6.45, 7) is -0.376. The standard InChI is InChI=1S/C43H41N5O13/c1-3-30(60-61-41-37(57-40(51)28-14-8-5-9-15-28)34(31(54-41)24-45-46-44)56-39(50)27-12-6-4-7-13-27)33-35-36(59-43(58-35)21-10-11-22-43)38(55-33)47-23-20-32(49)48(42(47)52)25-26-16-18-29(53-2)19-17-26/h1,4-9,12-20,23,30-31,33-38,41H,10-11,21-22,24-25H2,2H3/t30?,31-,33-,34-,35-,36-,37-,38-,41+/m1/s1. The van der Waals surface area contributed by atoms with Crippen LogP contribution in [0.5, 0.6) is 5.75 Å². The first kappa shape index (κ1) is 41.4. The van der Waals surface area contributed by atoms with Gasteiger partial charge >= 0.3 is 17.6 Å². The molecular formula is C43H41N5O13. The van der Waals surface area contributed by atoms with Gasteiger partial charge in [-0.2, -0.15) is 4.89 Å². The molecule has 4 heterocycles. The highest BCUT2D eigenvalue weighted by Crippen LogP contribution is 2.50. The number of benzene rings is 3. The summed E-state index contributed by atoms with van der Waals surface area (Å²) in [5, 5.41) is 3.61. The molecule has 61 heavy (non-hydrogen) atoms. The van der Waals surface area contributed by atoms with Crippen LogP contribution < -0.4 is 16.0 Å². The van der Waals surface area contributed by atoms with Crippen LogP contribution in [-0.2, 0) is 44.7 Å². The summed E-state index contributed by atoms with van der Waals surface area (Å²) in [5.41, 5.74) is 9.04. The lowest BCUT2D eigenvalue weighted by Crippen LogP contribution is -2.44. The largest absolute Gasteiger partial charge is 0.497 e. The lowest BCUT2D eigenvalue weighted by molar-refractivity contribution is -0.406. The summed E-state index contributed by atoms with van der Waals surface area (Å²) < 4.78 is 45.0. The average Bonchev–Trinajstić information content (AvgIpc) is 4.07. The molecule has 1 unspecified atom stereocenters. The summed E-state index contributed by atoms with van der Waals surface area (Å²) in [6, 6.07) is 24.4. The SMILES string of the molecule is C#CC(OO[C@@H]1O[C@H](CN=[N+]=[N-])[C@@H](OC(=O)c2ccccc2)[C@H]1OC(=O)c1ccccc1)[C@H]1O[C@@H](n2ccc(=O)n(Cc3ccc(OC)cc3)c2=O)[C@@H]2OC3(CCCC3)O[C@@H]21. The number of fused-ring (bicyclic) bond motifs is 1. The molecule has 0 amide bonds. The number of ether oxygens (including phenoxy) is 7. The van der Waals surface area contributed by atoms with Gasteiger partial charge in [-0.05, 0) is 60.3 Å². The normalized spacial score (nSPS) is 26.5. The van der Waals surface area contributed by atoms with Crippen LogP contribution in [0.25, 0.3) is 10.4 Å². The van der Waals surface area contributed by atoms with E-state index in [2.05, 4.69) is 15.9 Å². The van der Waals surface area contributed by atoms with Crippen molar-refractivity contribution in [1.82, 2.24) is 9.13 Å². The van der Waals surface area contributed by atoms with Crippen molar-refractivity contribution in [3.8, 4) is 18.1 Å². The fourth-order valence-corrected chi connectivity index (χ4v) is 7.97. The number of nitrogens with zero attached hydrogens (tertiary/aromatic N) is 5. The Balaban J connectivity index is 1.07. The van der Waals surface area contributed by atoms with E-state index in [9.17, 15) is 19.2 Å². The Bertz CT molecular complexity index is 2410. The molecule has 9 atom stereocenters. The van der Waals surface area contributed by atoms with Gasteiger partial charge in [-0.25, -0.2) is 19.3 Å². The molecule has 1 saturated carbocycles. The van der Waals surface area contributed by atoms with Crippen molar-refractivity contribution in [2.75, 3.05) is 13.7 Å². The second kappa shape index (κ2) is 18.1. The minimum Gasteiger partial charge on any atom is -0.497 e. The van der Waals surface area contributed by atoms with E-state index in [0.29, 0.717) is 24.2 Å². The van der Waals surface area contributed by atoms with Crippen LogP contribution >= 0.6 is 0 Å². The maximum Gasteiger partial charge on any atom is 0.338 e. The zero-order chi connectivity index (χ0) is 42.5. The van der Waals surface area contributed by atoms with Gasteiger partial charge in [-0.15, -0.1) is 6.42 Å². The topological polar surface area (TPSA) is 210 Å². The quantitative estimate of drug-likeness (QED) is 0.0327. The van der Waals surface area contributed by atoms with Crippen LogP contribution in [0.15, 0.2) is 112 Å². The molecule has 18 heteroatoms. The third kappa shape index (κ3) is 8.67.